The zero-order valence-electron chi connectivity index (χ0n) is 18.0. The van der Waals surface area contributed by atoms with Gasteiger partial charge in [-0.2, -0.15) is 0 Å². The minimum Gasteiger partial charge on any atom is -0.493 e. The minimum absolute atomic E-state index is 0. The zero-order chi connectivity index (χ0) is 19.8. The zero-order valence-corrected chi connectivity index (χ0v) is 20.3. The second-order valence-corrected chi connectivity index (χ2v) is 8.17. The summed E-state index contributed by atoms with van der Waals surface area (Å²) in [6, 6.07) is 6.38. The number of nitrogens with one attached hydrogen (secondary N) is 2. The van der Waals surface area contributed by atoms with E-state index < -0.39 is 0 Å². The van der Waals surface area contributed by atoms with Crippen molar-refractivity contribution in [3.63, 3.8) is 0 Å². The number of methoxy groups -OCH3 is 1. The molecule has 1 aromatic rings. The van der Waals surface area contributed by atoms with Crippen molar-refractivity contribution in [1.82, 2.24) is 10.6 Å². The molecule has 1 aliphatic heterocycles. The number of guanidine groups is 1. The summed E-state index contributed by atoms with van der Waals surface area (Å²) >= 11 is 0. The summed E-state index contributed by atoms with van der Waals surface area (Å²) in [6.45, 7) is 6.91. The Bertz CT molecular complexity index is 659. The van der Waals surface area contributed by atoms with E-state index in [9.17, 15) is 0 Å². The maximum Gasteiger partial charge on any atom is 0.191 e. The molecule has 1 atom stereocenters. The highest BCUT2D eigenvalue weighted by Crippen LogP contribution is 2.48. The Labute approximate surface area is 192 Å². The highest BCUT2D eigenvalue weighted by molar-refractivity contribution is 14.0. The largest absolute Gasteiger partial charge is 0.493 e. The lowest BCUT2D eigenvalue weighted by atomic mass is 10.0. The molecule has 1 unspecified atom stereocenters. The first-order chi connectivity index (χ1) is 13.6. The standard InChI is InChI=1S/C22H35N3O3.HI/c1-17-4-5-19(20(12-17)28-15-18-6-10-27-14-18)13-24-21(23-2)25-16-22(7-8-22)9-11-26-3;/h4-5,12,18H,6-11,13-16H2,1-3H3,(H2,23,24,25);1H. The lowest BCUT2D eigenvalue weighted by Gasteiger charge is -2.19. The fourth-order valence-corrected chi connectivity index (χ4v) is 3.55. The molecule has 0 radical (unpaired) electrons. The Morgan fingerprint density at radius 3 is 2.79 bits per heavy atom. The molecule has 6 nitrogen and oxygen atoms in total. The predicted octanol–water partition coefficient (Wildman–Crippen LogP) is 3.51. The molecule has 1 saturated carbocycles. The number of halogens is 1. The van der Waals surface area contributed by atoms with E-state index in [4.69, 9.17) is 14.2 Å². The van der Waals surface area contributed by atoms with Crippen molar-refractivity contribution in [2.24, 2.45) is 16.3 Å². The van der Waals surface area contributed by atoms with Crippen LogP contribution in [0.15, 0.2) is 23.2 Å². The predicted molar refractivity (Wildman–Crippen MR) is 127 cm³/mol. The molecule has 1 heterocycles. The lowest BCUT2D eigenvalue weighted by molar-refractivity contribution is 0.166. The third-order valence-corrected chi connectivity index (χ3v) is 5.82. The maximum atomic E-state index is 6.14. The van der Waals surface area contributed by atoms with Gasteiger partial charge in [0.05, 0.1) is 13.2 Å². The molecular weight excluding hydrogens is 481 g/mol. The Morgan fingerprint density at radius 2 is 2.14 bits per heavy atom. The van der Waals surface area contributed by atoms with Gasteiger partial charge >= 0.3 is 0 Å². The molecule has 2 aliphatic rings. The summed E-state index contributed by atoms with van der Waals surface area (Å²) in [5, 5.41) is 6.92. The average Bonchev–Trinajstić information content (AvgIpc) is 3.28. The minimum atomic E-state index is 0. The van der Waals surface area contributed by atoms with Crippen LogP contribution in [0.1, 0.15) is 36.8 Å². The van der Waals surface area contributed by atoms with Crippen LogP contribution in [-0.4, -0.2) is 53.1 Å². The number of hydrogen-bond donors (Lipinski definition) is 2. The SMILES string of the molecule is CN=C(NCc1ccc(C)cc1OCC1CCOC1)NCC1(CCOC)CC1.I. The topological polar surface area (TPSA) is 64.1 Å². The number of ether oxygens (including phenoxy) is 3. The first-order valence-corrected chi connectivity index (χ1v) is 10.4. The van der Waals surface area contributed by atoms with Crippen molar-refractivity contribution in [3.8, 4) is 5.75 Å². The van der Waals surface area contributed by atoms with Crippen molar-refractivity contribution in [2.45, 2.75) is 39.2 Å². The van der Waals surface area contributed by atoms with E-state index in [2.05, 4.69) is 40.7 Å². The first-order valence-electron chi connectivity index (χ1n) is 10.4. The van der Waals surface area contributed by atoms with E-state index in [1.807, 2.05) is 7.05 Å². The van der Waals surface area contributed by atoms with Gasteiger partial charge in [0.25, 0.3) is 0 Å². The second-order valence-electron chi connectivity index (χ2n) is 8.17. The molecule has 1 aromatic carbocycles. The Morgan fingerprint density at radius 1 is 1.31 bits per heavy atom. The number of rotatable bonds is 10. The summed E-state index contributed by atoms with van der Waals surface area (Å²) in [5.41, 5.74) is 2.74. The molecule has 2 N–H and O–H groups in total. The van der Waals surface area contributed by atoms with Crippen LogP contribution in [-0.2, 0) is 16.0 Å². The Hall–Kier alpha value is -1.06. The van der Waals surface area contributed by atoms with Crippen LogP contribution in [0.25, 0.3) is 0 Å². The summed E-state index contributed by atoms with van der Waals surface area (Å²) in [6.07, 6.45) is 4.72. The molecule has 0 spiro atoms. The molecule has 3 rings (SSSR count). The van der Waals surface area contributed by atoms with E-state index in [1.165, 1.54) is 18.4 Å². The van der Waals surface area contributed by atoms with Crippen molar-refractivity contribution >= 4 is 29.9 Å². The van der Waals surface area contributed by atoms with Gasteiger partial charge < -0.3 is 24.8 Å². The fourth-order valence-electron chi connectivity index (χ4n) is 3.55. The van der Waals surface area contributed by atoms with Crippen LogP contribution >= 0.6 is 24.0 Å². The number of nitrogens with zero attached hydrogens (tertiary/aromatic N) is 1. The number of aryl methyl sites for hydroxylation is 1. The third-order valence-electron chi connectivity index (χ3n) is 5.82. The number of hydrogen-bond acceptors (Lipinski definition) is 4. The van der Waals surface area contributed by atoms with E-state index in [1.54, 1.807) is 7.11 Å². The van der Waals surface area contributed by atoms with Crippen molar-refractivity contribution in [1.29, 1.82) is 0 Å². The van der Waals surface area contributed by atoms with Crippen LogP contribution in [0.5, 0.6) is 5.75 Å². The van der Waals surface area contributed by atoms with Crippen molar-refractivity contribution in [2.75, 3.05) is 47.1 Å². The summed E-state index contributed by atoms with van der Waals surface area (Å²) < 4.78 is 16.8. The van der Waals surface area contributed by atoms with Gasteiger partial charge in [-0.05, 0) is 49.7 Å². The van der Waals surface area contributed by atoms with Crippen LogP contribution in [0.2, 0.25) is 0 Å². The first kappa shape index (κ1) is 24.2. The van der Waals surface area contributed by atoms with Gasteiger partial charge in [0.2, 0.25) is 0 Å². The number of aliphatic imine (C=N–C) groups is 1. The highest BCUT2D eigenvalue weighted by Gasteiger charge is 2.41. The molecule has 0 amide bonds. The second kappa shape index (κ2) is 12.0. The number of benzene rings is 1. The molecule has 1 aliphatic carbocycles. The van der Waals surface area contributed by atoms with E-state index in [-0.39, 0.29) is 24.0 Å². The molecule has 0 aromatic heterocycles. The Balaban J connectivity index is 0.00000300. The average molecular weight is 517 g/mol. The monoisotopic (exact) mass is 517 g/mol. The van der Waals surface area contributed by atoms with Gasteiger partial charge in [0.15, 0.2) is 5.96 Å². The molecule has 2 fully saturated rings. The quantitative estimate of drug-likeness (QED) is 0.283. The molecule has 1 saturated heterocycles. The molecule has 164 valence electrons. The third kappa shape index (κ3) is 7.61. The fraction of sp³-hybridized carbons (Fsp3) is 0.682. The Kier molecular flexibility index (Phi) is 9.98. The lowest BCUT2D eigenvalue weighted by Crippen LogP contribution is -2.40. The van der Waals surface area contributed by atoms with Crippen LogP contribution in [0.3, 0.4) is 0 Å². The van der Waals surface area contributed by atoms with Crippen LogP contribution in [0.4, 0.5) is 0 Å². The van der Waals surface area contributed by atoms with E-state index in [0.717, 1.165) is 56.5 Å². The summed E-state index contributed by atoms with van der Waals surface area (Å²) in [4.78, 5) is 4.38. The summed E-state index contributed by atoms with van der Waals surface area (Å²) in [7, 11) is 3.58. The maximum absolute atomic E-state index is 6.14. The normalized spacial score (nSPS) is 20.1. The van der Waals surface area contributed by atoms with Gasteiger partial charge in [-0.1, -0.05) is 12.1 Å². The summed E-state index contributed by atoms with van der Waals surface area (Å²) in [5.74, 6) is 2.28. The van der Waals surface area contributed by atoms with Gasteiger partial charge in [0, 0.05) is 51.9 Å². The van der Waals surface area contributed by atoms with E-state index in [0.29, 0.717) is 24.5 Å². The molecule has 0 bridgehead atoms. The highest BCUT2D eigenvalue weighted by atomic mass is 127. The molecular formula is C22H36IN3O3. The van der Waals surface area contributed by atoms with Gasteiger partial charge in [0.1, 0.15) is 5.75 Å². The van der Waals surface area contributed by atoms with Crippen molar-refractivity contribution < 1.29 is 14.2 Å². The van der Waals surface area contributed by atoms with E-state index >= 15 is 0 Å². The van der Waals surface area contributed by atoms with Gasteiger partial charge in [-0.3, -0.25) is 4.99 Å². The van der Waals surface area contributed by atoms with Crippen molar-refractivity contribution in [3.05, 3.63) is 29.3 Å². The van der Waals surface area contributed by atoms with Gasteiger partial charge in [-0.25, -0.2) is 0 Å². The van der Waals surface area contributed by atoms with Crippen LogP contribution < -0.4 is 15.4 Å². The van der Waals surface area contributed by atoms with Crippen LogP contribution in [0, 0.1) is 18.3 Å². The smallest absolute Gasteiger partial charge is 0.191 e. The molecule has 29 heavy (non-hydrogen) atoms. The van der Waals surface area contributed by atoms with Gasteiger partial charge in [-0.15, -0.1) is 24.0 Å². The molecule has 7 heteroatoms.